The van der Waals surface area contributed by atoms with Gasteiger partial charge < -0.3 is 0 Å². The molecule has 1 rings (SSSR count). The lowest BCUT2D eigenvalue weighted by atomic mass is 10.0. The van der Waals surface area contributed by atoms with E-state index in [2.05, 4.69) is 40.8 Å². The largest absolute Gasteiger partial charge is 0.299 e. The predicted octanol–water partition coefficient (Wildman–Crippen LogP) is 2.28. The highest BCUT2D eigenvalue weighted by Gasteiger charge is 2.23. The van der Waals surface area contributed by atoms with Gasteiger partial charge in [0, 0.05) is 25.0 Å². The molecule has 1 aliphatic rings. The lowest BCUT2D eigenvalue weighted by molar-refractivity contribution is 0.133. The van der Waals surface area contributed by atoms with Gasteiger partial charge in [0.15, 0.2) is 0 Å². The Hall–Kier alpha value is 0.180. The summed E-state index contributed by atoms with van der Waals surface area (Å²) in [5, 5.41) is 1.17. The van der Waals surface area contributed by atoms with E-state index in [0.29, 0.717) is 0 Å². The molecule has 0 radical (unpaired) electrons. The van der Waals surface area contributed by atoms with Crippen molar-refractivity contribution in [2.24, 2.45) is 5.92 Å². The third-order valence-corrected chi connectivity index (χ3v) is 2.92. The molecule has 0 aromatic rings. The van der Waals surface area contributed by atoms with Gasteiger partial charge in [-0.15, -0.1) is 0 Å². The van der Waals surface area contributed by atoms with Crippen molar-refractivity contribution in [1.29, 1.82) is 0 Å². The van der Waals surface area contributed by atoms with E-state index < -0.39 is 0 Å². The summed E-state index contributed by atoms with van der Waals surface area (Å²) in [6.07, 6.45) is 2.30. The molecule has 0 N–H and O–H groups in total. The Kier molecular flexibility index (Phi) is 3.60. The lowest BCUT2D eigenvalue weighted by Crippen LogP contribution is -2.47. The van der Waals surface area contributed by atoms with E-state index in [4.69, 9.17) is 0 Å². The fraction of sp³-hybridized carbons (Fsp3) is 0.778. The normalized spacial score (nSPS) is 19.5. The van der Waals surface area contributed by atoms with Crippen LogP contribution in [0.2, 0.25) is 0 Å². The number of likely N-dealkylation sites (tertiary alicyclic amines) is 1. The lowest BCUT2D eigenvalue weighted by Gasteiger charge is -2.37. The topological polar surface area (TPSA) is 3.24 Å². The molecule has 0 unspecified atom stereocenters. The number of halogens is 1. The van der Waals surface area contributed by atoms with Crippen LogP contribution in [0.25, 0.3) is 0 Å². The molecule has 0 spiro atoms. The molecule has 1 saturated heterocycles. The van der Waals surface area contributed by atoms with Gasteiger partial charge in [0.2, 0.25) is 0 Å². The Bertz CT molecular complexity index is 144. The van der Waals surface area contributed by atoms with Gasteiger partial charge in [0.25, 0.3) is 0 Å². The van der Waals surface area contributed by atoms with E-state index in [-0.39, 0.29) is 0 Å². The molecule has 0 atom stereocenters. The van der Waals surface area contributed by atoms with E-state index in [1.165, 1.54) is 24.0 Å². The van der Waals surface area contributed by atoms with Gasteiger partial charge in [0.1, 0.15) is 0 Å². The summed E-state index contributed by atoms with van der Waals surface area (Å²) >= 11 is 3.49. The maximum absolute atomic E-state index is 3.49. The Labute approximate surface area is 77.6 Å². The van der Waals surface area contributed by atoms with Gasteiger partial charge >= 0.3 is 0 Å². The van der Waals surface area contributed by atoms with E-state index in [1.54, 1.807) is 0 Å². The van der Waals surface area contributed by atoms with Crippen LogP contribution < -0.4 is 0 Å². The number of hydrogen-bond donors (Lipinski definition) is 0. The smallest absolute Gasteiger partial charge is 0.0165 e. The second-order valence-corrected chi connectivity index (χ2v) is 4.17. The molecule has 2 heteroatoms. The molecule has 1 aliphatic heterocycles. The maximum atomic E-state index is 3.49. The van der Waals surface area contributed by atoms with E-state index >= 15 is 0 Å². The molecule has 0 aliphatic carbocycles. The summed E-state index contributed by atoms with van der Waals surface area (Å²) in [6, 6.07) is 0. The zero-order chi connectivity index (χ0) is 8.27. The zero-order valence-corrected chi connectivity index (χ0v) is 8.89. The first-order valence-corrected chi connectivity index (χ1v) is 5.26. The molecule has 64 valence electrons. The third kappa shape index (κ3) is 2.96. The SMILES string of the molecule is CC(C)=CCN1CC(CBr)C1. The molecule has 1 heterocycles. The summed E-state index contributed by atoms with van der Waals surface area (Å²) in [7, 11) is 0. The predicted molar refractivity (Wildman–Crippen MR) is 53.2 cm³/mol. The van der Waals surface area contributed by atoms with Crippen LogP contribution in [0.4, 0.5) is 0 Å². The third-order valence-electron chi connectivity index (χ3n) is 2.01. The van der Waals surface area contributed by atoms with Crippen molar-refractivity contribution in [3.8, 4) is 0 Å². The highest BCUT2D eigenvalue weighted by Crippen LogP contribution is 2.16. The molecule has 0 saturated carbocycles. The Morgan fingerprint density at radius 1 is 1.55 bits per heavy atom. The Balaban J connectivity index is 2.09. The highest BCUT2D eigenvalue weighted by atomic mass is 79.9. The van der Waals surface area contributed by atoms with Crippen LogP contribution in [0.15, 0.2) is 11.6 Å². The van der Waals surface area contributed by atoms with Crippen molar-refractivity contribution in [2.75, 3.05) is 25.0 Å². The summed E-state index contributed by atoms with van der Waals surface area (Å²) < 4.78 is 0. The molecule has 11 heavy (non-hydrogen) atoms. The number of nitrogens with zero attached hydrogens (tertiary/aromatic N) is 1. The van der Waals surface area contributed by atoms with Crippen LogP contribution in [0.3, 0.4) is 0 Å². The number of rotatable bonds is 3. The molecule has 0 aromatic heterocycles. The zero-order valence-electron chi connectivity index (χ0n) is 7.31. The van der Waals surface area contributed by atoms with Crippen molar-refractivity contribution in [2.45, 2.75) is 13.8 Å². The fourth-order valence-electron chi connectivity index (χ4n) is 1.24. The van der Waals surface area contributed by atoms with E-state index in [1.807, 2.05) is 0 Å². The molecule has 0 amide bonds. The van der Waals surface area contributed by atoms with Gasteiger partial charge in [-0.25, -0.2) is 0 Å². The van der Waals surface area contributed by atoms with E-state index in [9.17, 15) is 0 Å². The Morgan fingerprint density at radius 2 is 2.18 bits per heavy atom. The molecule has 0 aromatic carbocycles. The average Bonchev–Trinajstić information content (AvgIpc) is 1.84. The van der Waals surface area contributed by atoms with Crippen LogP contribution in [0.5, 0.6) is 0 Å². The number of alkyl halides is 1. The standard InChI is InChI=1S/C9H16BrN/c1-8(2)3-4-11-6-9(5-10)7-11/h3,9H,4-7H2,1-2H3. The summed E-state index contributed by atoms with van der Waals surface area (Å²) in [5.41, 5.74) is 1.42. The van der Waals surface area contributed by atoms with Gasteiger partial charge in [-0.3, -0.25) is 4.90 Å². The molecular formula is C9H16BrN. The molecule has 1 fully saturated rings. The minimum Gasteiger partial charge on any atom is -0.299 e. The highest BCUT2D eigenvalue weighted by molar-refractivity contribution is 9.09. The van der Waals surface area contributed by atoms with Crippen LogP contribution >= 0.6 is 15.9 Å². The molecule has 0 bridgehead atoms. The van der Waals surface area contributed by atoms with Crippen molar-refractivity contribution in [1.82, 2.24) is 4.90 Å². The summed E-state index contributed by atoms with van der Waals surface area (Å²) in [5.74, 6) is 0.903. The van der Waals surface area contributed by atoms with Gasteiger partial charge in [-0.05, 0) is 19.8 Å². The Morgan fingerprint density at radius 3 is 2.64 bits per heavy atom. The average molecular weight is 218 g/mol. The van der Waals surface area contributed by atoms with Crippen LogP contribution in [0.1, 0.15) is 13.8 Å². The first-order chi connectivity index (χ1) is 5.22. The van der Waals surface area contributed by atoms with Gasteiger partial charge in [-0.1, -0.05) is 27.6 Å². The fourth-order valence-corrected chi connectivity index (χ4v) is 1.64. The number of allylic oxidation sites excluding steroid dienone is 1. The first kappa shape index (κ1) is 9.27. The summed E-state index contributed by atoms with van der Waals surface area (Å²) in [6.45, 7) is 8.00. The minimum atomic E-state index is 0.903. The van der Waals surface area contributed by atoms with Gasteiger partial charge in [-0.2, -0.15) is 0 Å². The van der Waals surface area contributed by atoms with Crippen LogP contribution in [0, 0.1) is 5.92 Å². The summed E-state index contributed by atoms with van der Waals surface area (Å²) in [4.78, 5) is 2.47. The second kappa shape index (κ2) is 4.27. The second-order valence-electron chi connectivity index (χ2n) is 3.52. The molecule has 1 nitrogen and oxygen atoms in total. The van der Waals surface area contributed by atoms with Crippen LogP contribution in [-0.4, -0.2) is 29.9 Å². The van der Waals surface area contributed by atoms with E-state index in [0.717, 1.165) is 12.5 Å². The van der Waals surface area contributed by atoms with Crippen molar-refractivity contribution < 1.29 is 0 Å². The monoisotopic (exact) mass is 217 g/mol. The van der Waals surface area contributed by atoms with Crippen molar-refractivity contribution in [3.63, 3.8) is 0 Å². The van der Waals surface area contributed by atoms with Crippen molar-refractivity contribution in [3.05, 3.63) is 11.6 Å². The minimum absolute atomic E-state index is 0.903. The maximum Gasteiger partial charge on any atom is 0.0165 e. The van der Waals surface area contributed by atoms with Crippen LogP contribution in [-0.2, 0) is 0 Å². The van der Waals surface area contributed by atoms with Crippen molar-refractivity contribution >= 4 is 15.9 Å². The first-order valence-electron chi connectivity index (χ1n) is 4.14. The molecular weight excluding hydrogens is 202 g/mol. The number of hydrogen-bond acceptors (Lipinski definition) is 1. The van der Waals surface area contributed by atoms with Gasteiger partial charge in [0.05, 0.1) is 0 Å². The quantitative estimate of drug-likeness (QED) is 0.519.